The molecule has 6 nitrogen and oxygen atoms in total. The van der Waals surface area contributed by atoms with Crippen LogP contribution in [0.15, 0.2) is 42.7 Å². The molecule has 0 aliphatic carbocycles. The number of hydrogen-bond donors (Lipinski definition) is 2. The van der Waals surface area contributed by atoms with E-state index in [1.165, 1.54) is 5.69 Å². The molecule has 4 rings (SSSR count). The summed E-state index contributed by atoms with van der Waals surface area (Å²) in [6, 6.07) is 13.1. The maximum absolute atomic E-state index is 10.1. The Bertz CT molecular complexity index is 733. The van der Waals surface area contributed by atoms with Gasteiger partial charge < -0.3 is 20.2 Å². The van der Waals surface area contributed by atoms with Gasteiger partial charge in [-0.05, 0) is 44.7 Å². The number of anilines is 3. The van der Waals surface area contributed by atoms with Crippen LogP contribution in [0, 0.1) is 0 Å². The Morgan fingerprint density at radius 3 is 2.41 bits per heavy atom. The Morgan fingerprint density at radius 1 is 1.00 bits per heavy atom. The maximum atomic E-state index is 10.1. The SMILES string of the molecule is CC1(O)CCN(c2cc(NC3CCN(c4ccccc4)CC3)ncn2)CC1. The molecule has 0 amide bonds. The standard InChI is InChI=1S/C21H29N5O/c1-21(27)9-13-26(14-10-21)20-15-19(22-16-23-20)24-17-7-11-25(12-8-17)18-5-3-2-4-6-18/h2-6,15-17,27H,7-14H2,1H3,(H,22,23,24). The number of rotatable bonds is 4. The van der Waals surface area contributed by atoms with Gasteiger partial charge in [-0.15, -0.1) is 0 Å². The van der Waals surface area contributed by atoms with Gasteiger partial charge in [-0.1, -0.05) is 18.2 Å². The van der Waals surface area contributed by atoms with Crippen molar-refractivity contribution in [1.82, 2.24) is 9.97 Å². The van der Waals surface area contributed by atoms with E-state index in [-0.39, 0.29) is 0 Å². The number of piperidine rings is 2. The van der Waals surface area contributed by atoms with Crippen LogP contribution in [0.2, 0.25) is 0 Å². The van der Waals surface area contributed by atoms with Crippen molar-refractivity contribution in [3.05, 3.63) is 42.7 Å². The monoisotopic (exact) mass is 367 g/mol. The highest BCUT2D eigenvalue weighted by molar-refractivity contribution is 5.50. The van der Waals surface area contributed by atoms with Crippen LogP contribution >= 0.6 is 0 Å². The van der Waals surface area contributed by atoms with Crippen molar-refractivity contribution in [3.8, 4) is 0 Å². The second-order valence-corrected chi connectivity index (χ2v) is 7.99. The Hall–Kier alpha value is -2.34. The Labute approximate surface area is 161 Å². The van der Waals surface area contributed by atoms with Gasteiger partial charge in [-0.3, -0.25) is 0 Å². The van der Waals surface area contributed by atoms with Crippen LogP contribution in [0.25, 0.3) is 0 Å². The fourth-order valence-electron chi connectivity index (χ4n) is 3.95. The second kappa shape index (κ2) is 7.72. The predicted octanol–water partition coefficient (Wildman–Crippen LogP) is 2.91. The summed E-state index contributed by atoms with van der Waals surface area (Å²) in [5.41, 5.74) is 0.762. The summed E-state index contributed by atoms with van der Waals surface area (Å²) in [7, 11) is 0. The molecular formula is C21H29N5O. The van der Waals surface area contributed by atoms with Gasteiger partial charge in [0, 0.05) is 44.0 Å². The van der Waals surface area contributed by atoms with Gasteiger partial charge in [0.15, 0.2) is 0 Å². The van der Waals surface area contributed by atoms with E-state index in [0.717, 1.165) is 63.5 Å². The largest absolute Gasteiger partial charge is 0.390 e. The smallest absolute Gasteiger partial charge is 0.134 e. The van der Waals surface area contributed by atoms with Crippen LogP contribution in [-0.4, -0.2) is 52.9 Å². The molecule has 0 bridgehead atoms. The molecule has 2 aromatic rings. The van der Waals surface area contributed by atoms with E-state index in [1.807, 2.05) is 13.0 Å². The number of nitrogens with one attached hydrogen (secondary N) is 1. The lowest BCUT2D eigenvalue weighted by Gasteiger charge is -2.36. The number of aliphatic hydroxyl groups is 1. The highest BCUT2D eigenvalue weighted by Gasteiger charge is 2.28. The molecule has 6 heteroatoms. The first-order chi connectivity index (χ1) is 13.1. The van der Waals surface area contributed by atoms with Gasteiger partial charge in [-0.2, -0.15) is 0 Å². The van der Waals surface area contributed by atoms with E-state index in [0.29, 0.717) is 6.04 Å². The van der Waals surface area contributed by atoms with E-state index < -0.39 is 5.60 Å². The zero-order valence-corrected chi connectivity index (χ0v) is 16.0. The van der Waals surface area contributed by atoms with Crippen molar-refractivity contribution in [2.75, 3.05) is 41.3 Å². The predicted molar refractivity (Wildman–Crippen MR) is 109 cm³/mol. The molecule has 0 saturated carbocycles. The normalized spacial score (nSPS) is 20.5. The zero-order chi connectivity index (χ0) is 18.7. The quantitative estimate of drug-likeness (QED) is 0.866. The zero-order valence-electron chi connectivity index (χ0n) is 16.0. The molecule has 2 fully saturated rings. The van der Waals surface area contributed by atoms with E-state index in [1.54, 1.807) is 6.33 Å². The molecule has 0 unspecified atom stereocenters. The lowest BCUT2D eigenvalue weighted by molar-refractivity contribution is 0.0350. The molecule has 0 spiro atoms. The van der Waals surface area contributed by atoms with Crippen LogP contribution in [0.3, 0.4) is 0 Å². The van der Waals surface area contributed by atoms with Gasteiger partial charge in [0.2, 0.25) is 0 Å². The third-order valence-corrected chi connectivity index (χ3v) is 5.79. The Morgan fingerprint density at radius 2 is 1.70 bits per heavy atom. The van der Waals surface area contributed by atoms with Gasteiger partial charge >= 0.3 is 0 Å². The minimum Gasteiger partial charge on any atom is -0.390 e. The Kier molecular flexibility index (Phi) is 5.16. The number of hydrogen-bond acceptors (Lipinski definition) is 6. The van der Waals surface area contributed by atoms with Crippen molar-refractivity contribution in [3.63, 3.8) is 0 Å². The molecule has 2 aliphatic heterocycles. The molecule has 1 aromatic carbocycles. The molecule has 144 valence electrons. The summed E-state index contributed by atoms with van der Waals surface area (Å²) in [5.74, 6) is 1.85. The van der Waals surface area contributed by atoms with E-state index >= 15 is 0 Å². The van der Waals surface area contributed by atoms with Crippen LogP contribution in [0.1, 0.15) is 32.6 Å². The van der Waals surface area contributed by atoms with Crippen molar-refractivity contribution in [1.29, 1.82) is 0 Å². The van der Waals surface area contributed by atoms with Crippen molar-refractivity contribution in [2.24, 2.45) is 0 Å². The molecule has 27 heavy (non-hydrogen) atoms. The van der Waals surface area contributed by atoms with Crippen molar-refractivity contribution >= 4 is 17.3 Å². The van der Waals surface area contributed by atoms with Crippen LogP contribution in [-0.2, 0) is 0 Å². The number of aromatic nitrogens is 2. The summed E-state index contributed by atoms with van der Waals surface area (Å²) in [6.45, 7) is 5.69. The van der Waals surface area contributed by atoms with Crippen molar-refractivity contribution in [2.45, 2.75) is 44.2 Å². The third-order valence-electron chi connectivity index (χ3n) is 5.79. The topological polar surface area (TPSA) is 64.5 Å². The molecule has 2 N–H and O–H groups in total. The summed E-state index contributed by atoms with van der Waals surface area (Å²) in [5, 5.41) is 13.7. The van der Waals surface area contributed by atoms with Gasteiger partial charge in [0.25, 0.3) is 0 Å². The highest BCUT2D eigenvalue weighted by atomic mass is 16.3. The summed E-state index contributed by atoms with van der Waals surface area (Å²) in [4.78, 5) is 13.5. The average Bonchev–Trinajstić information content (AvgIpc) is 2.69. The third kappa shape index (κ3) is 4.50. The van der Waals surface area contributed by atoms with Gasteiger partial charge in [0.05, 0.1) is 5.60 Å². The average molecular weight is 367 g/mol. The molecular weight excluding hydrogens is 338 g/mol. The molecule has 3 heterocycles. The van der Waals surface area contributed by atoms with Crippen LogP contribution in [0.4, 0.5) is 17.3 Å². The summed E-state index contributed by atoms with van der Waals surface area (Å²) < 4.78 is 0. The first-order valence-electron chi connectivity index (χ1n) is 9.95. The molecule has 2 aliphatic rings. The number of nitrogens with zero attached hydrogens (tertiary/aromatic N) is 4. The van der Waals surface area contributed by atoms with Crippen LogP contribution in [0.5, 0.6) is 0 Å². The highest BCUT2D eigenvalue weighted by Crippen LogP contribution is 2.26. The van der Waals surface area contributed by atoms with Gasteiger partial charge in [0.1, 0.15) is 18.0 Å². The fourth-order valence-corrected chi connectivity index (χ4v) is 3.95. The van der Waals surface area contributed by atoms with Crippen LogP contribution < -0.4 is 15.1 Å². The minimum atomic E-state index is -0.544. The molecule has 0 atom stereocenters. The molecule has 2 saturated heterocycles. The lowest BCUT2D eigenvalue weighted by Crippen LogP contribution is -2.42. The minimum absolute atomic E-state index is 0.440. The van der Waals surface area contributed by atoms with E-state index in [2.05, 4.69) is 55.4 Å². The summed E-state index contributed by atoms with van der Waals surface area (Å²) >= 11 is 0. The molecule has 0 radical (unpaired) electrons. The van der Waals surface area contributed by atoms with Gasteiger partial charge in [-0.25, -0.2) is 9.97 Å². The van der Waals surface area contributed by atoms with Crippen molar-refractivity contribution < 1.29 is 5.11 Å². The first kappa shape index (κ1) is 18.0. The number of para-hydroxylation sites is 1. The second-order valence-electron chi connectivity index (χ2n) is 7.99. The molecule has 1 aromatic heterocycles. The maximum Gasteiger partial charge on any atom is 0.134 e. The summed E-state index contributed by atoms with van der Waals surface area (Å²) in [6.07, 6.45) is 5.39. The fraction of sp³-hybridized carbons (Fsp3) is 0.524. The van der Waals surface area contributed by atoms with E-state index in [4.69, 9.17) is 0 Å². The Balaban J connectivity index is 1.33. The lowest BCUT2D eigenvalue weighted by atomic mass is 9.94. The number of benzene rings is 1. The first-order valence-corrected chi connectivity index (χ1v) is 9.95. The van der Waals surface area contributed by atoms with E-state index in [9.17, 15) is 5.11 Å².